The van der Waals surface area contributed by atoms with E-state index in [0.29, 0.717) is 12.2 Å². The molecule has 1 aromatic rings. The Morgan fingerprint density at radius 3 is 2.31 bits per heavy atom. The second kappa shape index (κ2) is 9.26. The Kier molecular flexibility index (Phi) is 6.74. The molecular formula is C21H30N4O4. The molecule has 2 N–H and O–H groups in total. The fourth-order valence-electron chi connectivity index (χ4n) is 3.63. The summed E-state index contributed by atoms with van der Waals surface area (Å²) < 4.78 is 0. The number of likely N-dealkylation sites (N-methyl/N-ethyl adjacent to an activating group) is 1. The molecule has 1 saturated heterocycles. The number of hydrogen-bond donors (Lipinski definition) is 2. The number of nitrogens with zero attached hydrogens (tertiary/aromatic N) is 3. The molecule has 0 radical (unpaired) electrons. The first-order valence-electron chi connectivity index (χ1n) is 10.4. The van der Waals surface area contributed by atoms with Gasteiger partial charge in [0.15, 0.2) is 0 Å². The monoisotopic (exact) mass is 402 g/mol. The molecule has 1 saturated carbocycles. The standard InChI is InChI=1S/C21H30N4O4/c1-3-24(4-2)19(26)14-23-9-11-25(12-10-23)16-7-8-18(17(13-16)21(28)29)22-20(27)15-5-6-15/h7-8,13,15H,3-6,9-12,14H2,1-2H3,(H,22,27)(H,28,29). The minimum absolute atomic E-state index is 0.0171. The SMILES string of the molecule is CCN(CC)C(=O)CN1CCN(c2ccc(NC(=O)C3CC3)c(C(=O)O)c2)CC1. The maximum Gasteiger partial charge on any atom is 0.337 e. The Balaban J connectivity index is 1.61. The Morgan fingerprint density at radius 2 is 1.76 bits per heavy atom. The van der Waals surface area contributed by atoms with Crippen LogP contribution in [0, 0.1) is 5.92 Å². The number of piperazine rings is 1. The van der Waals surface area contributed by atoms with Crippen LogP contribution in [0.15, 0.2) is 18.2 Å². The van der Waals surface area contributed by atoms with Crippen molar-refractivity contribution in [3.63, 3.8) is 0 Å². The van der Waals surface area contributed by atoms with Gasteiger partial charge < -0.3 is 20.2 Å². The highest BCUT2D eigenvalue weighted by Crippen LogP contribution is 2.31. The van der Waals surface area contributed by atoms with Gasteiger partial charge in [-0.15, -0.1) is 0 Å². The van der Waals surface area contributed by atoms with Gasteiger partial charge in [-0.05, 0) is 44.9 Å². The highest BCUT2D eigenvalue weighted by Gasteiger charge is 2.30. The van der Waals surface area contributed by atoms with E-state index in [4.69, 9.17) is 0 Å². The van der Waals surface area contributed by atoms with E-state index in [1.54, 1.807) is 12.1 Å². The van der Waals surface area contributed by atoms with Gasteiger partial charge in [0, 0.05) is 50.9 Å². The van der Waals surface area contributed by atoms with Gasteiger partial charge in [0.05, 0.1) is 17.8 Å². The summed E-state index contributed by atoms with van der Waals surface area (Å²) in [5.41, 5.74) is 1.28. The summed E-state index contributed by atoms with van der Waals surface area (Å²) in [7, 11) is 0. The lowest BCUT2D eigenvalue weighted by molar-refractivity contribution is -0.132. The predicted octanol–water partition coefficient (Wildman–Crippen LogP) is 1.72. The van der Waals surface area contributed by atoms with Crippen LogP contribution in [0.25, 0.3) is 0 Å². The predicted molar refractivity (Wildman–Crippen MR) is 111 cm³/mol. The second-order valence-corrected chi connectivity index (χ2v) is 7.63. The first-order valence-corrected chi connectivity index (χ1v) is 10.4. The zero-order chi connectivity index (χ0) is 21.0. The molecule has 8 heteroatoms. The number of aromatic carboxylic acids is 1. The van der Waals surface area contributed by atoms with Crippen molar-refractivity contribution in [3.05, 3.63) is 23.8 Å². The molecule has 2 aliphatic rings. The average molecular weight is 402 g/mol. The van der Waals surface area contributed by atoms with Crippen LogP contribution in [0.1, 0.15) is 37.0 Å². The van der Waals surface area contributed by atoms with Gasteiger partial charge in [0.1, 0.15) is 0 Å². The first kappa shape index (κ1) is 21.1. The van der Waals surface area contributed by atoms with E-state index < -0.39 is 5.97 Å². The molecule has 0 atom stereocenters. The molecular weight excluding hydrogens is 372 g/mol. The molecule has 1 heterocycles. The average Bonchev–Trinajstić information content (AvgIpc) is 3.55. The maximum atomic E-state index is 12.3. The van der Waals surface area contributed by atoms with Gasteiger partial charge in [-0.1, -0.05) is 0 Å². The molecule has 3 rings (SSSR count). The zero-order valence-corrected chi connectivity index (χ0v) is 17.2. The quantitative estimate of drug-likeness (QED) is 0.688. The maximum absolute atomic E-state index is 12.3. The van der Waals surface area contributed by atoms with Crippen molar-refractivity contribution in [2.45, 2.75) is 26.7 Å². The molecule has 8 nitrogen and oxygen atoms in total. The zero-order valence-electron chi connectivity index (χ0n) is 17.2. The lowest BCUT2D eigenvalue weighted by atomic mass is 10.1. The lowest BCUT2D eigenvalue weighted by Crippen LogP contribution is -2.50. The van der Waals surface area contributed by atoms with E-state index in [-0.39, 0.29) is 23.3 Å². The topological polar surface area (TPSA) is 93.2 Å². The highest BCUT2D eigenvalue weighted by atomic mass is 16.4. The van der Waals surface area contributed by atoms with Crippen molar-refractivity contribution >= 4 is 29.2 Å². The smallest absolute Gasteiger partial charge is 0.337 e. The van der Waals surface area contributed by atoms with Crippen LogP contribution in [-0.2, 0) is 9.59 Å². The molecule has 0 aromatic heterocycles. The Morgan fingerprint density at radius 1 is 1.10 bits per heavy atom. The van der Waals surface area contributed by atoms with E-state index >= 15 is 0 Å². The lowest BCUT2D eigenvalue weighted by Gasteiger charge is -2.36. The molecule has 2 fully saturated rings. The number of carbonyl (C=O) groups is 3. The van der Waals surface area contributed by atoms with Crippen LogP contribution in [0.4, 0.5) is 11.4 Å². The Labute approximate surface area is 171 Å². The summed E-state index contributed by atoms with van der Waals surface area (Å²) in [6, 6.07) is 5.16. The van der Waals surface area contributed by atoms with Crippen LogP contribution in [0.3, 0.4) is 0 Å². The molecule has 0 bridgehead atoms. The minimum atomic E-state index is -1.05. The van der Waals surface area contributed by atoms with Gasteiger partial charge >= 0.3 is 5.97 Å². The van der Waals surface area contributed by atoms with Crippen molar-refractivity contribution in [1.82, 2.24) is 9.80 Å². The van der Waals surface area contributed by atoms with Crippen LogP contribution < -0.4 is 10.2 Å². The van der Waals surface area contributed by atoms with Crippen LogP contribution in [0.5, 0.6) is 0 Å². The highest BCUT2D eigenvalue weighted by molar-refractivity contribution is 6.02. The van der Waals surface area contributed by atoms with E-state index in [0.717, 1.165) is 57.8 Å². The summed E-state index contributed by atoms with van der Waals surface area (Å²) in [4.78, 5) is 42.1. The van der Waals surface area contributed by atoms with E-state index in [2.05, 4.69) is 15.1 Å². The molecule has 1 aliphatic carbocycles. The Bertz CT molecular complexity index is 766. The summed E-state index contributed by atoms with van der Waals surface area (Å²) in [5, 5.41) is 12.3. The minimum Gasteiger partial charge on any atom is -0.478 e. The summed E-state index contributed by atoms with van der Waals surface area (Å²) in [5.74, 6) is -0.996. The normalized spacial score (nSPS) is 17.1. The number of carbonyl (C=O) groups excluding carboxylic acids is 2. The van der Waals surface area contributed by atoms with Gasteiger partial charge in [-0.3, -0.25) is 14.5 Å². The number of carboxylic acids is 1. The second-order valence-electron chi connectivity index (χ2n) is 7.63. The van der Waals surface area contributed by atoms with Gasteiger partial charge in [-0.25, -0.2) is 4.79 Å². The molecule has 1 aromatic carbocycles. The first-order chi connectivity index (χ1) is 13.9. The molecule has 2 amide bonds. The number of hydrogen-bond acceptors (Lipinski definition) is 5. The summed E-state index contributed by atoms with van der Waals surface area (Å²) >= 11 is 0. The number of benzene rings is 1. The number of amides is 2. The van der Waals surface area contributed by atoms with Crippen LogP contribution in [0.2, 0.25) is 0 Å². The van der Waals surface area contributed by atoms with Crippen molar-refractivity contribution in [2.75, 3.05) is 56.0 Å². The van der Waals surface area contributed by atoms with Crippen molar-refractivity contribution in [1.29, 1.82) is 0 Å². The number of anilines is 2. The summed E-state index contributed by atoms with van der Waals surface area (Å²) in [6.45, 7) is 8.75. The number of nitrogens with one attached hydrogen (secondary N) is 1. The fourth-order valence-corrected chi connectivity index (χ4v) is 3.63. The molecule has 0 unspecified atom stereocenters. The van der Waals surface area contributed by atoms with E-state index in [1.807, 2.05) is 24.8 Å². The molecule has 0 spiro atoms. The van der Waals surface area contributed by atoms with Crippen LogP contribution in [-0.4, -0.2) is 78.5 Å². The number of carboxylic acid groups (broad SMARTS) is 1. The summed E-state index contributed by atoms with van der Waals surface area (Å²) in [6.07, 6.45) is 1.74. The van der Waals surface area contributed by atoms with E-state index in [1.165, 1.54) is 0 Å². The third-order valence-corrected chi connectivity index (χ3v) is 5.65. The van der Waals surface area contributed by atoms with Crippen molar-refractivity contribution < 1.29 is 19.5 Å². The van der Waals surface area contributed by atoms with Gasteiger partial charge in [-0.2, -0.15) is 0 Å². The van der Waals surface area contributed by atoms with Gasteiger partial charge in [0.2, 0.25) is 11.8 Å². The van der Waals surface area contributed by atoms with Crippen molar-refractivity contribution in [2.24, 2.45) is 5.92 Å². The molecule has 158 valence electrons. The largest absolute Gasteiger partial charge is 0.478 e. The van der Waals surface area contributed by atoms with Crippen LogP contribution >= 0.6 is 0 Å². The fraction of sp³-hybridized carbons (Fsp3) is 0.571. The van der Waals surface area contributed by atoms with Crippen molar-refractivity contribution in [3.8, 4) is 0 Å². The van der Waals surface area contributed by atoms with Gasteiger partial charge in [0.25, 0.3) is 0 Å². The number of rotatable bonds is 8. The van der Waals surface area contributed by atoms with E-state index in [9.17, 15) is 19.5 Å². The molecule has 29 heavy (non-hydrogen) atoms. The third kappa shape index (κ3) is 5.26. The Hall–Kier alpha value is -2.61. The third-order valence-electron chi connectivity index (χ3n) is 5.65. The molecule has 1 aliphatic heterocycles.